The van der Waals surface area contributed by atoms with Crippen LogP contribution in [0, 0.1) is 11.3 Å². The minimum absolute atomic E-state index is 0.167. The number of nitrogens with two attached hydrogens (primary N) is 1. The zero-order valence-corrected chi connectivity index (χ0v) is 12.7. The van der Waals surface area contributed by atoms with Gasteiger partial charge in [-0.05, 0) is 31.6 Å². The Hall–Kier alpha value is -0.650. The predicted molar refractivity (Wildman–Crippen MR) is 79.4 cm³/mol. The van der Waals surface area contributed by atoms with Gasteiger partial charge in [0.1, 0.15) is 0 Å². The maximum Gasteiger partial charge on any atom is 0.227 e. The Morgan fingerprint density at radius 3 is 2.60 bits per heavy atom. The van der Waals surface area contributed by atoms with Crippen LogP contribution in [0.3, 0.4) is 0 Å². The first-order chi connectivity index (χ1) is 9.66. The van der Waals surface area contributed by atoms with Gasteiger partial charge in [0.2, 0.25) is 5.91 Å². The average Bonchev–Trinajstić information content (AvgIpc) is 2.49. The van der Waals surface area contributed by atoms with Crippen LogP contribution in [0.4, 0.5) is 0 Å². The van der Waals surface area contributed by atoms with E-state index in [-0.39, 0.29) is 11.3 Å². The average molecular weight is 283 g/mol. The van der Waals surface area contributed by atoms with Gasteiger partial charge in [0.05, 0.1) is 18.6 Å². The van der Waals surface area contributed by atoms with Gasteiger partial charge in [-0.3, -0.25) is 9.69 Å². The minimum atomic E-state index is -0.308. The summed E-state index contributed by atoms with van der Waals surface area (Å²) >= 11 is 0. The van der Waals surface area contributed by atoms with Crippen molar-refractivity contribution in [1.29, 1.82) is 0 Å². The Labute approximate surface area is 122 Å². The van der Waals surface area contributed by atoms with Crippen molar-refractivity contribution in [3.8, 4) is 0 Å². The molecule has 2 aliphatic rings. The van der Waals surface area contributed by atoms with Crippen LogP contribution in [0.25, 0.3) is 0 Å². The molecule has 1 aliphatic heterocycles. The summed E-state index contributed by atoms with van der Waals surface area (Å²) in [5.41, 5.74) is 5.60. The van der Waals surface area contributed by atoms with E-state index in [1.54, 1.807) is 0 Å². The fourth-order valence-corrected chi connectivity index (χ4v) is 3.18. The van der Waals surface area contributed by atoms with Gasteiger partial charge in [-0.25, -0.2) is 0 Å². The summed E-state index contributed by atoms with van der Waals surface area (Å²) < 4.78 is 5.32. The van der Waals surface area contributed by atoms with Gasteiger partial charge in [0.15, 0.2) is 0 Å². The Bertz CT molecular complexity index is 308. The van der Waals surface area contributed by atoms with Gasteiger partial charge in [-0.2, -0.15) is 0 Å². The maximum absolute atomic E-state index is 12.5. The number of morpholine rings is 1. The molecule has 1 heterocycles. The lowest BCUT2D eigenvalue weighted by molar-refractivity contribution is -0.132. The van der Waals surface area contributed by atoms with E-state index >= 15 is 0 Å². The zero-order chi connectivity index (χ0) is 14.4. The third-order valence-electron chi connectivity index (χ3n) is 4.92. The van der Waals surface area contributed by atoms with Crippen LogP contribution in [0.2, 0.25) is 0 Å². The van der Waals surface area contributed by atoms with Crippen LogP contribution in [-0.2, 0) is 9.53 Å². The van der Waals surface area contributed by atoms with Crippen LogP contribution in [0.15, 0.2) is 0 Å². The van der Waals surface area contributed by atoms with Crippen LogP contribution < -0.4 is 11.1 Å². The molecule has 1 saturated carbocycles. The zero-order valence-electron chi connectivity index (χ0n) is 12.7. The highest BCUT2D eigenvalue weighted by Crippen LogP contribution is 2.38. The fourth-order valence-electron chi connectivity index (χ4n) is 3.18. The van der Waals surface area contributed by atoms with Gasteiger partial charge in [0.25, 0.3) is 0 Å². The predicted octanol–water partition coefficient (Wildman–Crippen LogP) is 0.590. The fraction of sp³-hybridized carbons (Fsp3) is 0.933. The summed E-state index contributed by atoms with van der Waals surface area (Å²) in [6.45, 7) is 7.91. The number of ether oxygens (including phenoxy) is 1. The van der Waals surface area contributed by atoms with E-state index in [2.05, 4.69) is 17.1 Å². The van der Waals surface area contributed by atoms with E-state index in [1.165, 1.54) is 0 Å². The SMILES string of the molecule is CC1CCC(CN)(C(=O)NCCN2CCOCC2)CC1. The van der Waals surface area contributed by atoms with Crippen molar-refractivity contribution in [2.75, 3.05) is 45.9 Å². The highest BCUT2D eigenvalue weighted by Gasteiger charge is 2.39. The summed E-state index contributed by atoms with van der Waals surface area (Å²) in [5, 5.41) is 3.10. The summed E-state index contributed by atoms with van der Waals surface area (Å²) in [6.07, 6.45) is 4.12. The lowest BCUT2D eigenvalue weighted by Crippen LogP contribution is -2.50. The molecule has 116 valence electrons. The lowest BCUT2D eigenvalue weighted by atomic mass is 9.70. The molecule has 5 heteroatoms. The monoisotopic (exact) mass is 283 g/mol. The molecule has 0 aromatic rings. The third-order valence-corrected chi connectivity index (χ3v) is 4.92. The van der Waals surface area contributed by atoms with Crippen LogP contribution >= 0.6 is 0 Å². The number of hydrogen-bond acceptors (Lipinski definition) is 4. The molecule has 1 amide bonds. The second-order valence-corrected chi connectivity index (χ2v) is 6.38. The second kappa shape index (κ2) is 7.38. The Balaban J connectivity index is 1.74. The van der Waals surface area contributed by atoms with Crippen LogP contribution in [0.5, 0.6) is 0 Å². The van der Waals surface area contributed by atoms with Crippen LogP contribution in [-0.4, -0.2) is 56.7 Å². The first-order valence-electron chi connectivity index (χ1n) is 7.95. The lowest BCUT2D eigenvalue weighted by Gasteiger charge is -2.37. The highest BCUT2D eigenvalue weighted by atomic mass is 16.5. The number of carbonyl (C=O) groups excluding carboxylic acids is 1. The van der Waals surface area contributed by atoms with E-state index in [9.17, 15) is 4.79 Å². The number of hydrogen-bond donors (Lipinski definition) is 2. The summed E-state index contributed by atoms with van der Waals surface area (Å²) in [5.74, 6) is 0.899. The molecule has 0 bridgehead atoms. The molecule has 0 spiro atoms. The number of nitrogens with zero attached hydrogens (tertiary/aromatic N) is 1. The molecule has 2 fully saturated rings. The van der Waals surface area contributed by atoms with E-state index in [0.29, 0.717) is 6.54 Å². The Morgan fingerprint density at radius 1 is 1.35 bits per heavy atom. The first kappa shape index (κ1) is 15.7. The van der Waals surface area contributed by atoms with Crippen molar-refractivity contribution in [1.82, 2.24) is 10.2 Å². The van der Waals surface area contributed by atoms with Crippen molar-refractivity contribution in [2.24, 2.45) is 17.1 Å². The normalized spacial score (nSPS) is 32.0. The molecule has 1 saturated heterocycles. The molecular weight excluding hydrogens is 254 g/mol. The molecule has 20 heavy (non-hydrogen) atoms. The maximum atomic E-state index is 12.5. The van der Waals surface area contributed by atoms with E-state index in [4.69, 9.17) is 10.5 Å². The van der Waals surface area contributed by atoms with E-state index in [1.807, 2.05) is 0 Å². The van der Waals surface area contributed by atoms with Gasteiger partial charge < -0.3 is 15.8 Å². The molecule has 0 aromatic heterocycles. The number of rotatable bonds is 5. The largest absolute Gasteiger partial charge is 0.379 e. The molecule has 0 unspecified atom stereocenters. The van der Waals surface area contributed by atoms with Gasteiger partial charge in [-0.1, -0.05) is 6.92 Å². The van der Waals surface area contributed by atoms with Crippen molar-refractivity contribution < 1.29 is 9.53 Å². The summed E-state index contributed by atoms with van der Waals surface area (Å²) in [6, 6.07) is 0. The molecule has 5 nitrogen and oxygen atoms in total. The van der Waals surface area contributed by atoms with E-state index < -0.39 is 0 Å². The summed E-state index contributed by atoms with van der Waals surface area (Å²) in [4.78, 5) is 14.8. The molecule has 0 radical (unpaired) electrons. The van der Waals surface area contributed by atoms with Crippen molar-refractivity contribution >= 4 is 5.91 Å². The van der Waals surface area contributed by atoms with Crippen molar-refractivity contribution in [3.05, 3.63) is 0 Å². The highest BCUT2D eigenvalue weighted by molar-refractivity contribution is 5.83. The molecule has 3 N–H and O–H groups in total. The quantitative estimate of drug-likeness (QED) is 0.775. The number of amides is 1. The molecule has 1 aliphatic carbocycles. The third kappa shape index (κ3) is 3.93. The van der Waals surface area contributed by atoms with Crippen molar-refractivity contribution in [2.45, 2.75) is 32.6 Å². The van der Waals surface area contributed by atoms with Crippen molar-refractivity contribution in [3.63, 3.8) is 0 Å². The standard InChI is InChI=1S/C15H29N3O2/c1-13-2-4-15(12-16,5-3-13)14(19)17-6-7-18-8-10-20-11-9-18/h13H,2-12,16H2,1H3,(H,17,19). The Morgan fingerprint density at radius 2 is 2.00 bits per heavy atom. The number of carbonyl (C=O) groups is 1. The summed E-state index contributed by atoms with van der Waals surface area (Å²) in [7, 11) is 0. The molecule has 0 atom stereocenters. The molecule has 0 aromatic carbocycles. The minimum Gasteiger partial charge on any atom is -0.379 e. The Kier molecular flexibility index (Phi) is 5.81. The topological polar surface area (TPSA) is 67.6 Å². The van der Waals surface area contributed by atoms with Crippen LogP contribution in [0.1, 0.15) is 32.6 Å². The first-order valence-corrected chi connectivity index (χ1v) is 7.95. The van der Waals surface area contributed by atoms with E-state index in [0.717, 1.165) is 71.0 Å². The second-order valence-electron chi connectivity index (χ2n) is 6.38. The molecular formula is C15H29N3O2. The van der Waals surface area contributed by atoms with Gasteiger partial charge in [-0.15, -0.1) is 0 Å². The van der Waals surface area contributed by atoms with Gasteiger partial charge >= 0.3 is 0 Å². The smallest absolute Gasteiger partial charge is 0.227 e. The van der Waals surface area contributed by atoms with Gasteiger partial charge in [0, 0.05) is 32.7 Å². The number of nitrogens with one attached hydrogen (secondary N) is 1. The molecule has 2 rings (SSSR count).